The van der Waals surface area contributed by atoms with Crippen LogP contribution in [0.25, 0.3) is 10.9 Å². The van der Waals surface area contributed by atoms with E-state index < -0.39 is 0 Å². The second kappa shape index (κ2) is 8.80. The molecular formula is C23H26ClN3O2. The van der Waals surface area contributed by atoms with Gasteiger partial charge in [-0.25, -0.2) is 0 Å². The summed E-state index contributed by atoms with van der Waals surface area (Å²) in [6.07, 6.45) is 0.877. The second-order valence-corrected chi connectivity index (χ2v) is 8.32. The maximum Gasteiger partial charge on any atom is 0.154 e. The molecule has 0 bridgehead atoms. The topological polar surface area (TPSA) is 63.2 Å². The van der Waals surface area contributed by atoms with Crippen LogP contribution in [0, 0.1) is 0 Å². The minimum atomic E-state index is -0.0824. The first-order chi connectivity index (χ1) is 13.8. The minimum Gasteiger partial charge on any atom is -0.495 e. The second-order valence-electron chi connectivity index (χ2n) is 7.91. The molecule has 0 unspecified atom stereocenters. The van der Waals surface area contributed by atoms with E-state index in [9.17, 15) is 4.79 Å². The molecule has 2 aromatic carbocycles. The van der Waals surface area contributed by atoms with Crippen molar-refractivity contribution in [2.24, 2.45) is 0 Å². The van der Waals surface area contributed by atoms with E-state index in [4.69, 9.17) is 21.3 Å². The lowest BCUT2D eigenvalue weighted by Crippen LogP contribution is -2.35. The van der Waals surface area contributed by atoms with Crippen molar-refractivity contribution in [2.45, 2.75) is 39.4 Å². The van der Waals surface area contributed by atoms with E-state index in [0.717, 1.165) is 34.1 Å². The van der Waals surface area contributed by atoms with Gasteiger partial charge in [-0.2, -0.15) is 0 Å². The molecule has 0 saturated carbocycles. The van der Waals surface area contributed by atoms with Crippen molar-refractivity contribution >= 4 is 34.5 Å². The maximum atomic E-state index is 12.0. The first-order valence-corrected chi connectivity index (χ1v) is 9.88. The Morgan fingerprint density at radius 3 is 2.55 bits per heavy atom. The van der Waals surface area contributed by atoms with Crippen LogP contribution in [-0.4, -0.2) is 23.9 Å². The number of ether oxygens (including phenoxy) is 1. The molecule has 0 spiro atoms. The predicted molar refractivity (Wildman–Crippen MR) is 119 cm³/mol. The van der Waals surface area contributed by atoms with Crippen LogP contribution in [0.5, 0.6) is 5.75 Å². The van der Waals surface area contributed by atoms with Crippen molar-refractivity contribution in [3.63, 3.8) is 0 Å². The molecule has 6 heteroatoms. The molecule has 5 nitrogen and oxygen atoms in total. The summed E-state index contributed by atoms with van der Waals surface area (Å²) in [7, 11) is 1.59. The summed E-state index contributed by atoms with van der Waals surface area (Å²) in [5, 5.41) is 8.31. The Labute approximate surface area is 176 Å². The summed E-state index contributed by atoms with van der Waals surface area (Å²) >= 11 is 6.25. The highest BCUT2D eigenvalue weighted by Crippen LogP contribution is 2.30. The van der Waals surface area contributed by atoms with Crippen LogP contribution in [0.15, 0.2) is 42.5 Å². The lowest BCUT2D eigenvalue weighted by Gasteiger charge is -2.22. The molecule has 2 N–H and O–H groups in total. The Morgan fingerprint density at radius 1 is 1.14 bits per heavy atom. The zero-order valence-corrected chi connectivity index (χ0v) is 17.9. The van der Waals surface area contributed by atoms with E-state index in [0.29, 0.717) is 29.4 Å². The van der Waals surface area contributed by atoms with Crippen LogP contribution >= 0.6 is 11.6 Å². The molecule has 0 fully saturated rings. The standard InChI is InChI=1S/C23H26ClN3O2/c1-23(2,3)26-13-20-17(14-28)22(16-7-5-6-8-19(16)27-20)25-12-15-9-10-21(29-4)18(24)11-15/h5-11,14,26H,12-13H2,1-4H3,(H,25,27). The van der Waals surface area contributed by atoms with Gasteiger partial charge < -0.3 is 15.4 Å². The molecule has 1 heterocycles. The van der Waals surface area contributed by atoms with Gasteiger partial charge in [0, 0.05) is 24.0 Å². The van der Waals surface area contributed by atoms with Crippen molar-refractivity contribution < 1.29 is 9.53 Å². The fourth-order valence-electron chi connectivity index (χ4n) is 3.09. The molecule has 3 aromatic rings. The molecule has 0 saturated heterocycles. The van der Waals surface area contributed by atoms with Crippen LogP contribution in [0.3, 0.4) is 0 Å². The Balaban J connectivity index is 1.98. The van der Waals surface area contributed by atoms with E-state index >= 15 is 0 Å². The van der Waals surface area contributed by atoms with Crippen molar-refractivity contribution in [1.82, 2.24) is 10.3 Å². The number of aromatic nitrogens is 1. The summed E-state index contributed by atoms with van der Waals surface area (Å²) in [6, 6.07) is 13.5. The van der Waals surface area contributed by atoms with Gasteiger partial charge in [-0.1, -0.05) is 35.9 Å². The quantitative estimate of drug-likeness (QED) is 0.522. The molecule has 29 heavy (non-hydrogen) atoms. The number of pyridine rings is 1. The number of fused-ring (bicyclic) bond motifs is 1. The van der Waals surface area contributed by atoms with E-state index in [1.54, 1.807) is 7.11 Å². The molecule has 0 aliphatic heterocycles. The average Bonchev–Trinajstić information content (AvgIpc) is 2.69. The van der Waals surface area contributed by atoms with Crippen LogP contribution in [0.4, 0.5) is 5.69 Å². The highest BCUT2D eigenvalue weighted by Gasteiger charge is 2.17. The maximum absolute atomic E-state index is 12.0. The average molecular weight is 412 g/mol. The number of aldehydes is 1. The van der Waals surface area contributed by atoms with Crippen molar-refractivity contribution in [2.75, 3.05) is 12.4 Å². The van der Waals surface area contributed by atoms with Crippen molar-refractivity contribution in [3.8, 4) is 5.75 Å². The molecule has 1 aromatic heterocycles. The first kappa shape index (κ1) is 21.1. The number of para-hydroxylation sites is 1. The number of nitrogens with one attached hydrogen (secondary N) is 2. The lowest BCUT2D eigenvalue weighted by molar-refractivity contribution is 0.112. The fraction of sp³-hybridized carbons (Fsp3) is 0.304. The van der Waals surface area contributed by atoms with E-state index in [1.807, 2.05) is 42.5 Å². The summed E-state index contributed by atoms with van der Waals surface area (Å²) in [4.78, 5) is 16.7. The molecule has 0 aliphatic carbocycles. The number of carbonyl (C=O) groups is 1. The van der Waals surface area contributed by atoms with Crippen LogP contribution in [-0.2, 0) is 13.1 Å². The Morgan fingerprint density at radius 2 is 1.90 bits per heavy atom. The zero-order valence-electron chi connectivity index (χ0n) is 17.2. The number of hydrogen-bond donors (Lipinski definition) is 2. The van der Waals surface area contributed by atoms with Gasteiger partial charge in [-0.3, -0.25) is 9.78 Å². The number of halogens is 1. The van der Waals surface area contributed by atoms with Crippen molar-refractivity contribution in [1.29, 1.82) is 0 Å². The lowest BCUT2D eigenvalue weighted by atomic mass is 10.0. The fourth-order valence-corrected chi connectivity index (χ4v) is 3.37. The summed E-state index contributed by atoms with van der Waals surface area (Å²) < 4.78 is 5.21. The number of methoxy groups -OCH3 is 1. The molecule has 0 atom stereocenters. The zero-order chi connectivity index (χ0) is 21.0. The van der Waals surface area contributed by atoms with Gasteiger partial charge in [0.1, 0.15) is 5.75 Å². The third-order valence-electron chi connectivity index (χ3n) is 4.60. The minimum absolute atomic E-state index is 0.0824. The Kier molecular flexibility index (Phi) is 6.40. The SMILES string of the molecule is COc1ccc(CNc2c(C=O)c(CNC(C)(C)C)nc3ccccc23)cc1Cl. The monoisotopic (exact) mass is 411 g/mol. The number of hydrogen-bond acceptors (Lipinski definition) is 5. The van der Waals surface area contributed by atoms with Gasteiger partial charge in [0.2, 0.25) is 0 Å². The number of anilines is 1. The Hall–Kier alpha value is -2.63. The predicted octanol–water partition coefficient (Wildman–Crippen LogP) is 5.21. The number of rotatable bonds is 7. The molecule has 0 amide bonds. The van der Waals surface area contributed by atoms with E-state index in [2.05, 4.69) is 31.4 Å². The van der Waals surface area contributed by atoms with Crippen LogP contribution < -0.4 is 15.4 Å². The first-order valence-electron chi connectivity index (χ1n) is 9.50. The highest BCUT2D eigenvalue weighted by molar-refractivity contribution is 6.32. The highest BCUT2D eigenvalue weighted by atomic mass is 35.5. The number of nitrogens with zero attached hydrogens (tertiary/aromatic N) is 1. The summed E-state index contributed by atoms with van der Waals surface area (Å²) in [5.74, 6) is 0.633. The van der Waals surface area contributed by atoms with Gasteiger partial charge >= 0.3 is 0 Å². The van der Waals surface area contributed by atoms with Gasteiger partial charge in [-0.15, -0.1) is 0 Å². The molecule has 152 valence electrons. The van der Waals surface area contributed by atoms with Gasteiger partial charge in [0.15, 0.2) is 6.29 Å². The molecule has 0 radical (unpaired) electrons. The third-order valence-corrected chi connectivity index (χ3v) is 4.89. The van der Waals surface area contributed by atoms with Gasteiger partial charge in [-0.05, 0) is 44.5 Å². The van der Waals surface area contributed by atoms with Gasteiger partial charge in [0.25, 0.3) is 0 Å². The summed E-state index contributed by atoms with van der Waals surface area (Å²) in [5.41, 5.74) is 3.83. The van der Waals surface area contributed by atoms with Crippen LogP contribution in [0.2, 0.25) is 5.02 Å². The third kappa shape index (κ3) is 5.05. The van der Waals surface area contributed by atoms with Gasteiger partial charge in [0.05, 0.1) is 34.6 Å². The molecular weight excluding hydrogens is 386 g/mol. The van der Waals surface area contributed by atoms with E-state index in [-0.39, 0.29) is 5.54 Å². The van der Waals surface area contributed by atoms with E-state index in [1.165, 1.54) is 0 Å². The molecule has 3 rings (SSSR count). The number of carbonyl (C=O) groups excluding carboxylic acids is 1. The number of benzene rings is 2. The smallest absolute Gasteiger partial charge is 0.154 e. The summed E-state index contributed by atoms with van der Waals surface area (Å²) in [6.45, 7) is 7.28. The molecule has 0 aliphatic rings. The van der Waals surface area contributed by atoms with Crippen LogP contribution in [0.1, 0.15) is 42.4 Å². The largest absolute Gasteiger partial charge is 0.495 e. The van der Waals surface area contributed by atoms with Crippen molar-refractivity contribution in [3.05, 3.63) is 64.3 Å². The Bertz CT molecular complexity index is 1030. The normalized spacial score (nSPS) is 11.5.